The molecule has 0 aliphatic carbocycles. The zero-order valence-electron chi connectivity index (χ0n) is 7.39. The van der Waals surface area contributed by atoms with Crippen LogP contribution in [0, 0.1) is 11.3 Å². The quantitative estimate of drug-likeness (QED) is 0.587. The Balaban J connectivity index is 3.55. The number of hydrogen-bond acceptors (Lipinski definition) is 3. The number of aliphatic hydroxyl groups is 1. The number of rotatable bonds is 4. The lowest BCUT2D eigenvalue weighted by Gasteiger charge is -2.26. The molecule has 64 valence electrons. The Hall–Kier alpha value is -0.590. The van der Waals surface area contributed by atoms with Crippen molar-refractivity contribution in [2.75, 3.05) is 6.54 Å². The summed E-state index contributed by atoms with van der Waals surface area (Å²) in [4.78, 5) is 0. The molecule has 3 nitrogen and oxygen atoms in total. The van der Waals surface area contributed by atoms with Crippen molar-refractivity contribution in [3.63, 3.8) is 0 Å². The average molecular weight is 156 g/mol. The lowest BCUT2D eigenvalue weighted by Crippen LogP contribution is -2.44. The van der Waals surface area contributed by atoms with E-state index in [2.05, 4.69) is 5.32 Å². The summed E-state index contributed by atoms with van der Waals surface area (Å²) < 4.78 is 0. The minimum atomic E-state index is -0.713. The standard InChI is InChI=1S/C8H16N2O/c1-7(8(2,3)11)10-6-4-5-9/h7,10-11H,4,6H2,1-3H3. The van der Waals surface area contributed by atoms with Crippen molar-refractivity contribution in [3.8, 4) is 6.07 Å². The molecule has 1 unspecified atom stereocenters. The van der Waals surface area contributed by atoms with Crippen LogP contribution in [-0.4, -0.2) is 23.3 Å². The molecule has 0 heterocycles. The molecule has 3 heteroatoms. The normalized spacial score (nSPS) is 14.1. The average Bonchev–Trinajstić information content (AvgIpc) is 1.86. The molecule has 0 saturated heterocycles. The van der Waals surface area contributed by atoms with Crippen molar-refractivity contribution in [1.82, 2.24) is 5.32 Å². The van der Waals surface area contributed by atoms with Gasteiger partial charge in [0.25, 0.3) is 0 Å². The maximum atomic E-state index is 9.44. The van der Waals surface area contributed by atoms with E-state index in [-0.39, 0.29) is 6.04 Å². The van der Waals surface area contributed by atoms with Gasteiger partial charge in [0.1, 0.15) is 0 Å². The molecule has 11 heavy (non-hydrogen) atoms. The molecule has 0 spiro atoms. The molecular formula is C8H16N2O. The monoisotopic (exact) mass is 156 g/mol. The zero-order chi connectivity index (χ0) is 8.91. The van der Waals surface area contributed by atoms with Crippen LogP contribution >= 0.6 is 0 Å². The number of nitrogens with one attached hydrogen (secondary N) is 1. The summed E-state index contributed by atoms with van der Waals surface area (Å²) in [5, 5.41) is 20.7. The van der Waals surface area contributed by atoms with Gasteiger partial charge < -0.3 is 10.4 Å². The van der Waals surface area contributed by atoms with Crippen molar-refractivity contribution >= 4 is 0 Å². The molecule has 0 bridgehead atoms. The van der Waals surface area contributed by atoms with Crippen LogP contribution in [-0.2, 0) is 0 Å². The Kier molecular flexibility index (Phi) is 4.09. The van der Waals surface area contributed by atoms with Gasteiger partial charge in [-0.1, -0.05) is 0 Å². The molecule has 0 aliphatic rings. The summed E-state index contributed by atoms with van der Waals surface area (Å²) in [7, 11) is 0. The topological polar surface area (TPSA) is 56.0 Å². The summed E-state index contributed by atoms with van der Waals surface area (Å²) in [6, 6.07) is 2.05. The van der Waals surface area contributed by atoms with Gasteiger partial charge in [-0.05, 0) is 20.8 Å². The summed E-state index contributed by atoms with van der Waals surface area (Å²) in [6.07, 6.45) is 0.487. The zero-order valence-corrected chi connectivity index (χ0v) is 7.39. The fourth-order valence-corrected chi connectivity index (χ4v) is 0.594. The minimum Gasteiger partial charge on any atom is -0.389 e. The number of hydrogen-bond donors (Lipinski definition) is 2. The Morgan fingerprint density at radius 3 is 2.55 bits per heavy atom. The van der Waals surface area contributed by atoms with E-state index in [0.717, 1.165) is 0 Å². The lowest BCUT2D eigenvalue weighted by atomic mass is 10.0. The van der Waals surface area contributed by atoms with Crippen LogP contribution in [0.1, 0.15) is 27.2 Å². The second-order valence-corrected chi connectivity index (χ2v) is 3.24. The first-order chi connectivity index (χ1) is 4.98. The highest BCUT2D eigenvalue weighted by atomic mass is 16.3. The van der Waals surface area contributed by atoms with Gasteiger partial charge in [0.05, 0.1) is 11.7 Å². The van der Waals surface area contributed by atoms with Crippen molar-refractivity contribution in [1.29, 1.82) is 5.26 Å². The molecule has 2 N–H and O–H groups in total. The molecule has 0 amide bonds. The van der Waals surface area contributed by atoms with Crippen LogP contribution in [0.2, 0.25) is 0 Å². The highest BCUT2D eigenvalue weighted by molar-refractivity contribution is 4.81. The van der Waals surface area contributed by atoms with Crippen molar-refractivity contribution < 1.29 is 5.11 Å². The Bertz CT molecular complexity index is 143. The second kappa shape index (κ2) is 4.32. The van der Waals surface area contributed by atoms with Crippen LogP contribution in [0.3, 0.4) is 0 Å². The number of nitrogens with zero attached hydrogens (tertiary/aromatic N) is 1. The van der Waals surface area contributed by atoms with Crippen molar-refractivity contribution in [2.24, 2.45) is 0 Å². The molecule has 0 aliphatic heterocycles. The van der Waals surface area contributed by atoms with E-state index in [9.17, 15) is 5.11 Å². The van der Waals surface area contributed by atoms with Crippen molar-refractivity contribution in [2.45, 2.75) is 38.8 Å². The largest absolute Gasteiger partial charge is 0.389 e. The lowest BCUT2D eigenvalue weighted by molar-refractivity contribution is 0.0447. The molecule has 0 radical (unpaired) electrons. The first-order valence-corrected chi connectivity index (χ1v) is 3.81. The first kappa shape index (κ1) is 10.4. The van der Waals surface area contributed by atoms with Gasteiger partial charge in [0, 0.05) is 19.0 Å². The third kappa shape index (κ3) is 4.77. The summed E-state index contributed by atoms with van der Waals surface area (Å²) in [5.74, 6) is 0. The maximum Gasteiger partial charge on any atom is 0.0741 e. The molecule has 0 aromatic heterocycles. The first-order valence-electron chi connectivity index (χ1n) is 3.81. The predicted molar refractivity (Wildman–Crippen MR) is 44.0 cm³/mol. The molecular weight excluding hydrogens is 140 g/mol. The van der Waals surface area contributed by atoms with E-state index >= 15 is 0 Å². The molecule has 0 rings (SSSR count). The summed E-state index contributed by atoms with van der Waals surface area (Å²) in [5.41, 5.74) is -0.713. The molecule has 0 aromatic rings. The van der Waals surface area contributed by atoms with E-state index in [1.54, 1.807) is 13.8 Å². The SMILES string of the molecule is CC(NCCC#N)C(C)(C)O. The maximum absolute atomic E-state index is 9.44. The minimum absolute atomic E-state index is 0.0239. The van der Waals surface area contributed by atoms with E-state index in [1.165, 1.54) is 0 Å². The summed E-state index contributed by atoms with van der Waals surface area (Å²) >= 11 is 0. The number of nitriles is 1. The smallest absolute Gasteiger partial charge is 0.0741 e. The van der Waals surface area contributed by atoms with E-state index in [1.807, 2.05) is 13.0 Å². The van der Waals surface area contributed by atoms with Crippen LogP contribution in [0.4, 0.5) is 0 Å². The van der Waals surface area contributed by atoms with Crippen molar-refractivity contribution in [3.05, 3.63) is 0 Å². The van der Waals surface area contributed by atoms with Gasteiger partial charge in [0.2, 0.25) is 0 Å². The van der Waals surface area contributed by atoms with Gasteiger partial charge in [-0.2, -0.15) is 5.26 Å². The van der Waals surface area contributed by atoms with Gasteiger partial charge in [-0.25, -0.2) is 0 Å². The molecule has 0 aromatic carbocycles. The fourth-order valence-electron chi connectivity index (χ4n) is 0.594. The fraction of sp³-hybridized carbons (Fsp3) is 0.875. The Labute approximate surface area is 68.0 Å². The van der Waals surface area contributed by atoms with Gasteiger partial charge in [-0.3, -0.25) is 0 Å². The molecule has 0 saturated carbocycles. The highest BCUT2D eigenvalue weighted by Gasteiger charge is 2.20. The Morgan fingerprint density at radius 2 is 2.18 bits per heavy atom. The van der Waals surface area contributed by atoms with Gasteiger partial charge in [0.15, 0.2) is 0 Å². The van der Waals surface area contributed by atoms with Crippen LogP contribution in [0.15, 0.2) is 0 Å². The molecule has 0 fully saturated rings. The second-order valence-electron chi connectivity index (χ2n) is 3.24. The Morgan fingerprint density at radius 1 is 1.64 bits per heavy atom. The third-order valence-corrected chi connectivity index (χ3v) is 1.75. The van der Waals surface area contributed by atoms with Crippen LogP contribution < -0.4 is 5.32 Å². The predicted octanol–water partition coefficient (Wildman–Crippen LogP) is 0.649. The van der Waals surface area contributed by atoms with Gasteiger partial charge >= 0.3 is 0 Å². The van der Waals surface area contributed by atoms with E-state index in [4.69, 9.17) is 5.26 Å². The van der Waals surface area contributed by atoms with Crippen LogP contribution in [0.5, 0.6) is 0 Å². The molecule has 1 atom stereocenters. The third-order valence-electron chi connectivity index (χ3n) is 1.75. The van der Waals surface area contributed by atoms with E-state index < -0.39 is 5.60 Å². The highest BCUT2D eigenvalue weighted by Crippen LogP contribution is 2.06. The van der Waals surface area contributed by atoms with Gasteiger partial charge in [-0.15, -0.1) is 0 Å². The van der Waals surface area contributed by atoms with Crippen LogP contribution in [0.25, 0.3) is 0 Å². The van der Waals surface area contributed by atoms with E-state index in [0.29, 0.717) is 13.0 Å². The summed E-state index contributed by atoms with van der Waals surface area (Å²) in [6.45, 7) is 6.03.